The van der Waals surface area contributed by atoms with Crippen molar-refractivity contribution in [2.75, 3.05) is 10.6 Å². The Morgan fingerprint density at radius 1 is 0.846 bits per heavy atom. The van der Waals surface area contributed by atoms with Gasteiger partial charge in [-0.1, -0.05) is 54.1 Å². The maximum absolute atomic E-state index is 13.2. The third-order valence-corrected chi connectivity index (χ3v) is 6.70. The standard InChI is InChI=1S/C31H28N4O3S/c1-21-9-8-10-23(19-21)20-27(34-30(37)24-11-4-3-5-12-24)31(38)33-25-14-16-26(17-15-25)39-22(2)29(36)35-28-13-6-7-18-32-28/h3-20,22H,1-2H3,(H,33,38)(H,34,37)(H,32,35,36)/b27-20-. The number of nitrogens with zero attached hydrogens (tertiary/aromatic N) is 1. The second-order valence-electron chi connectivity index (χ2n) is 8.74. The van der Waals surface area contributed by atoms with Gasteiger partial charge in [-0.2, -0.15) is 0 Å². The first-order valence-corrected chi connectivity index (χ1v) is 13.2. The number of aryl methyl sites for hydroxylation is 1. The molecule has 1 heterocycles. The molecule has 7 nitrogen and oxygen atoms in total. The zero-order chi connectivity index (χ0) is 27.6. The number of carbonyl (C=O) groups is 3. The average Bonchev–Trinajstić information content (AvgIpc) is 2.94. The highest BCUT2D eigenvalue weighted by Crippen LogP contribution is 2.25. The van der Waals surface area contributed by atoms with Gasteiger partial charge in [0.1, 0.15) is 11.5 Å². The predicted molar refractivity (Wildman–Crippen MR) is 156 cm³/mol. The molecule has 1 aromatic heterocycles. The van der Waals surface area contributed by atoms with E-state index in [9.17, 15) is 14.4 Å². The number of pyridine rings is 1. The van der Waals surface area contributed by atoms with E-state index in [2.05, 4.69) is 20.9 Å². The Morgan fingerprint density at radius 2 is 1.59 bits per heavy atom. The fraction of sp³-hybridized carbons (Fsp3) is 0.0968. The Bertz CT molecular complexity index is 1470. The summed E-state index contributed by atoms with van der Waals surface area (Å²) in [5.41, 5.74) is 2.95. The summed E-state index contributed by atoms with van der Waals surface area (Å²) in [6.07, 6.45) is 3.27. The van der Waals surface area contributed by atoms with Gasteiger partial charge >= 0.3 is 0 Å². The highest BCUT2D eigenvalue weighted by molar-refractivity contribution is 8.00. The lowest BCUT2D eigenvalue weighted by atomic mass is 10.1. The highest BCUT2D eigenvalue weighted by atomic mass is 32.2. The van der Waals surface area contributed by atoms with E-state index in [1.165, 1.54) is 11.8 Å². The van der Waals surface area contributed by atoms with Gasteiger partial charge in [0.15, 0.2) is 0 Å². The minimum atomic E-state index is -0.454. The second-order valence-corrected chi connectivity index (χ2v) is 10.1. The van der Waals surface area contributed by atoms with E-state index in [0.29, 0.717) is 17.1 Å². The molecule has 0 bridgehead atoms. The third kappa shape index (κ3) is 8.15. The first-order chi connectivity index (χ1) is 18.9. The third-order valence-electron chi connectivity index (χ3n) is 5.59. The Kier molecular flexibility index (Phi) is 9.26. The van der Waals surface area contributed by atoms with Crippen LogP contribution in [0.15, 0.2) is 114 Å². The summed E-state index contributed by atoms with van der Waals surface area (Å²) in [7, 11) is 0. The van der Waals surface area contributed by atoms with E-state index in [1.807, 2.05) is 62.4 Å². The smallest absolute Gasteiger partial charge is 0.272 e. The topological polar surface area (TPSA) is 100 Å². The maximum Gasteiger partial charge on any atom is 0.272 e. The van der Waals surface area contributed by atoms with Crippen molar-refractivity contribution in [3.63, 3.8) is 0 Å². The van der Waals surface area contributed by atoms with Crippen molar-refractivity contribution < 1.29 is 14.4 Å². The normalized spacial score (nSPS) is 11.8. The number of aromatic nitrogens is 1. The molecule has 0 aliphatic rings. The molecule has 39 heavy (non-hydrogen) atoms. The number of carbonyl (C=O) groups excluding carboxylic acids is 3. The number of benzene rings is 3. The molecule has 1 atom stereocenters. The SMILES string of the molecule is Cc1cccc(/C=C(\NC(=O)c2ccccc2)C(=O)Nc2ccc(SC(C)C(=O)Nc3ccccn3)cc2)c1. The van der Waals surface area contributed by atoms with Crippen LogP contribution < -0.4 is 16.0 Å². The minimum Gasteiger partial charge on any atom is -0.321 e. The molecule has 3 aromatic carbocycles. The van der Waals surface area contributed by atoms with Crippen LogP contribution in [0.3, 0.4) is 0 Å². The van der Waals surface area contributed by atoms with Crippen molar-refractivity contribution >= 4 is 47.1 Å². The average molecular weight is 537 g/mol. The molecule has 0 fully saturated rings. The molecule has 8 heteroatoms. The van der Waals surface area contributed by atoms with Crippen LogP contribution in [0.4, 0.5) is 11.5 Å². The summed E-state index contributed by atoms with van der Waals surface area (Å²) >= 11 is 1.39. The van der Waals surface area contributed by atoms with Gasteiger partial charge in [-0.05, 0) is 74.0 Å². The largest absolute Gasteiger partial charge is 0.321 e. The lowest BCUT2D eigenvalue weighted by Gasteiger charge is -2.13. The molecule has 0 radical (unpaired) electrons. The zero-order valence-electron chi connectivity index (χ0n) is 21.5. The van der Waals surface area contributed by atoms with Crippen molar-refractivity contribution in [2.24, 2.45) is 0 Å². The lowest BCUT2D eigenvalue weighted by molar-refractivity contribution is -0.115. The van der Waals surface area contributed by atoms with Crippen LogP contribution in [-0.4, -0.2) is 28.0 Å². The summed E-state index contributed by atoms with van der Waals surface area (Å²) in [5.74, 6) is -0.489. The summed E-state index contributed by atoms with van der Waals surface area (Å²) in [4.78, 5) is 43.5. The van der Waals surface area contributed by atoms with Crippen LogP contribution in [0.2, 0.25) is 0 Å². The Morgan fingerprint density at radius 3 is 2.28 bits per heavy atom. The van der Waals surface area contributed by atoms with Gasteiger partial charge in [0.05, 0.1) is 5.25 Å². The zero-order valence-corrected chi connectivity index (χ0v) is 22.4. The van der Waals surface area contributed by atoms with E-state index in [4.69, 9.17) is 0 Å². The number of hydrogen-bond donors (Lipinski definition) is 3. The van der Waals surface area contributed by atoms with E-state index < -0.39 is 5.91 Å². The van der Waals surface area contributed by atoms with Crippen molar-refractivity contribution in [3.05, 3.63) is 126 Å². The minimum absolute atomic E-state index is 0.118. The Hall–Kier alpha value is -4.69. The lowest BCUT2D eigenvalue weighted by Crippen LogP contribution is -2.30. The number of hydrogen-bond acceptors (Lipinski definition) is 5. The molecule has 3 amide bonds. The van der Waals surface area contributed by atoms with Crippen LogP contribution in [0.25, 0.3) is 6.08 Å². The van der Waals surface area contributed by atoms with Crippen molar-refractivity contribution in [1.82, 2.24) is 10.3 Å². The van der Waals surface area contributed by atoms with Crippen LogP contribution in [0, 0.1) is 6.92 Å². The van der Waals surface area contributed by atoms with E-state index in [1.54, 1.807) is 60.8 Å². The summed E-state index contributed by atoms with van der Waals surface area (Å²) in [5, 5.41) is 8.04. The molecule has 0 aliphatic heterocycles. The molecule has 3 N–H and O–H groups in total. The van der Waals surface area contributed by atoms with Crippen LogP contribution >= 0.6 is 11.8 Å². The quantitative estimate of drug-likeness (QED) is 0.182. The monoisotopic (exact) mass is 536 g/mol. The van der Waals surface area contributed by atoms with Gasteiger partial charge < -0.3 is 16.0 Å². The van der Waals surface area contributed by atoms with Gasteiger partial charge in [-0.3, -0.25) is 14.4 Å². The van der Waals surface area contributed by atoms with Crippen molar-refractivity contribution in [3.8, 4) is 0 Å². The van der Waals surface area contributed by atoms with Gasteiger partial charge in [-0.25, -0.2) is 4.98 Å². The molecule has 0 saturated carbocycles. The first kappa shape index (κ1) is 27.3. The number of rotatable bonds is 9. The molecule has 0 saturated heterocycles. The van der Waals surface area contributed by atoms with Gasteiger partial charge in [0, 0.05) is 22.3 Å². The predicted octanol–water partition coefficient (Wildman–Crippen LogP) is 5.92. The molecule has 0 spiro atoms. The van der Waals surface area contributed by atoms with Crippen LogP contribution in [0.5, 0.6) is 0 Å². The highest BCUT2D eigenvalue weighted by Gasteiger charge is 2.17. The number of anilines is 2. The van der Waals surface area contributed by atoms with Gasteiger partial charge in [-0.15, -0.1) is 11.8 Å². The second kappa shape index (κ2) is 13.2. The molecule has 1 unspecified atom stereocenters. The van der Waals surface area contributed by atoms with Crippen LogP contribution in [-0.2, 0) is 9.59 Å². The van der Waals surface area contributed by atoms with Gasteiger partial charge in [0.2, 0.25) is 5.91 Å². The molecular formula is C31H28N4O3S. The molecule has 0 aliphatic carbocycles. The number of thioether (sulfide) groups is 1. The molecule has 4 rings (SSSR count). The fourth-order valence-corrected chi connectivity index (χ4v) is 4.47. The van der Waals surface area contributed by atoms with Gasteiger partial charge in [0.25, 0.3) is 11.8 Å². The summed E-state index contributed by atoms with van der Waals surface area (Å²) in [6, 6.07) is 28.9. The van der Waals surface area contributed by atoms with E-state index in [0.717, 1.165) is 16.0 Å². The Labute approximate surface area is 231 Å². The van der Waals surface area contributed by atoms with E-state index >= 15 is 0 Å². The number of nitrogens with one attached hydrogen (secondary N) is 3. The first-order valence-electron chi connectivity index (χ1n) is 12.3. The molecular weight excluding hydrogens is 508 g/mol. The maximum atomic E-state index is 13.2. The molecule has 4 aromatic rings. The fourth-order valence-electron chi connectivity index (χ4n) is 3.61. The van der Waals surface area contributed by atoms with E-state index in [-0.39, 0.29) is 22.8 Å². The van der Waals surface area contributed by atoms with Crippen molar-refractivity contribution in [1.29, 1.82) is 0 Å². The molecule has 196 valence electrons. The van der Waals surface area contributed by atoms with Crippen molar-refractivity contribution in [2.45, 2.75) is 24.0 Å². The summed E-state index contributed by atoms with van der Waals surface area (Å²) in [6.45, 7) is 3.78. The Balaban J connectivity index is 1.43. The summed E-state index contributed by atoms with van der Waals surface area (Å²) < 4.78 is 0. The van der Waals surface area contributed by atoms with Crippen LogP contribution in [0.1, 0.15) is 28.4 Å². The number of amides is 3.